The van der Waals surface area contributed by atoms with Crippen molar-refractivity contribution in [2.75, 3.05) is 13.7 Å². The van der Waals surface area contributed by atoms with Gasteiger partial charge in [-0.1, -0.05) is 11.6 Å². The number of carbonyl (C=O) groups is 1. The molecule has 1 amide bonds. The van der Waals surface area contributed by atoms with Gasteiger partial charge in [0.1, 0.15) is 5.75 Å². The Hall–Kier alpha value is -1.26. The van der Waals surface area contributed by atoms with Crippen LogP contribution in [0.2, 0.25) is 5.02 Å². The van der Waals surface area contributed by atoms with E-state index in [1.807, 2.05) is 0 Å². The highest BCUT2D eigenvalue weighted by molar-refractivity contribution is 6.30. The van der Waals surface area contributed by atoms with Crippen LogP contribution in [0.15, 0.2) is 18.2 Å². The van der Waals surface area contributed by atoms with Gasteiger partial charge < -0.3 is 15.2 Å². The first-order chi connectivity index (χ1) is 8.02. The summed E-state index contributed by atoms with van der Waals surface area (Å²) in [4.78, 5) is 11.6. The van der Waals surface area contributed by atoms with Gasteiger partial charge in [-0.05, 0) is 25.1 Å². The summed E-state index contributed by atoms with van der Waals surface area (Å²) >= 11 is 5.86. The molecule has 1 aromatic carbocycles. The molecule has 0 aliphatic heterocycles. The molecule has 2 N–H and O–H groups in total. The molecule has 0 aliphatic carbocycles. The fourth-order valence-corrected chi connectivity index (χ4v) is 1.58. The van der Waals surface area contributed by atoms with E-state index in [2.05, 4.69) is 5.32 Å². The van der Waals surface area contributed by atoms with Crippen molar-refractivity contribution < 1.29 is 14.6 Å². The first-order valence-electron chi connectivity index (χ1n) is 5.30. The molecule has 0 saturated heterocycles. The molecular weight excluding hydrogens is 242 g/mol. The number of ether oxygens (including phenoxy) is 1. The second kappa shape index (κ2) is 6.47. The van der Waals surface area contributed by atoms with E-state index >= 15 is 0 Å². The molecule has 17 heavy (non-hydrogen) atoms. The molecule has 1 aromatic rings. The molecule has 94 valence electrons. The number of amides is 1. The van der Waals surface area contributed by atoms with Crippen molar-refractivity contribution in [3.05, 3.63) is 28.8 Å². The zero-order valence-electron chi connectivity index (χ0n) is 9.87. The Morgan fingerprint density at radius 2 is 2.29 bits per heavy atom. The summed E-state index contributed by atoms with van der Waals surface area (Å²) in [6.45, 7) is 1.85. The molecule has 1 rings (SSSR count). The van der Waals surface area contributed by atoms with Gasteiger partial charge in [0.25, 0.3) is 0 Å². The van der Waals surface area contributed by atoms with E-state index in [4.69, 9.17) is 21.4 Å². The summed E-state index contributed by atoms with van der Waals surface area (Å²) in [5.41, 5.74) is 0.725. The van der Waals surface area contributed by atoms with E-state index in [1.54, 1.807) is 32.2 Å². The summed E-state index contributed by atoms with van der Waals surface area (Å²) < 4.78 is 5.14. The summed E-state index contributed by atoms with van der Waals surface area (Å²) in [5.74, 6) is 0.452. The van der Waals surface area contributed by atoms with Gasteiger partial charge in [0.2, 0.25) is 5.91 Å². The molecule has 0 aromatic heterocycles. The maximum Gasteiger partial charge on any atom is 0.224 e. The number of halogens is 1. The predicted octanol–water partition coefficient (Wildman–Crippen LogP) is 1.39. The Bertz CT molecular complexity index is 393. The Morgan fingerprint density at radius 3 is 2.88 bits per heavy atom. The number of benzene rings is 1. The minimum absolute atomic E-state index is 0.175. The highest BCUT2D eigenvalue weighted by Crippen LogP contribution is 2.22. The Kier molecular flexibility index (Phi) is 5.25. The minimum Gasteiger partial charge on any atom is -0.496 e. The number of hydrogen-bond acceptors (Lipinski definition) is 3. The zero-order valence-corrected chi connectivity index (χ0v) is 10.6. The van der Waals surface area contributed by atoms with Crippen molar-refractivity contribution in [2.45, 2.75) is 19.4 Å². The summed E-state index contributed by atoms with van der Waals surface area (Å²) in [5, 5.41) is 12.2. The lowest BCUT2D eigenvalue weighted by molar-refractivity contribution is -0.120. The number of aliphatic hydroxyl groups excluding tert-OH is 1. The minimum atomic E-state index is -0.555. The SMILES string of the molecule is COc1ccc(Cl)cc1CC(=O)NC[C@@H](C)O. The molecule has 4 nitrogen and oxygen atoms in total. The van der Waals surface area contributed by atoms with Crippen LogP contribution in [0.4, 0.5) is 0 Å². The second-order valence-electron chi connectivity index (χ2n) is 3.79. The van der Waals surface area contributed by atoms with Crippen molar-refractivity contribution in [1.29, 1.82) is 0 Å². The quantitative estimate of drug-likeness (QED) is 0.838. The highest BCUT2D eigenvalue weighted by Gasteiger charge is 2.09. The lowest BCUT2D eigenvalue weighted by Gasteiger charge is -2.10. The standard InChI is InChI=1S/C12H16ClNO3/c1-8(15)7-14-12(16)6-9-5-10(13)3-4-11(9)17-2/h3-5,8,15H,6-7H2,1-2H3,(H,14,16)/t8-/m1/s1. The van der Waals surface area contributed by atoms with Gasteiger partial charge in [-0.3, -0.25) is 4.79 Å². The van der Waals surface area contributed by atoms with Gasteiger partial charge in [-0.25, -0.2) is 0 Å². The third-order valence-corrected chi connectivity index (χ3v) is 2.42. The van der Waals surface area contributed by atoms with Gasteiger partial charge >= 0.3 is 0 Å². The van der Waals surface area contributed by atoms with Gasteiger partial charge in [-0.15, -0.1) is 0 Å². The number of rotatable bonds is 5. The average molecular weight is 258 g/mol. The lowest BCUT2D eigenvalue weighted by Crippen LogP contribution is -2.31. The molecular formula is C12H16ClNO3. The van der Waals surface area contributed by atoms with Crippen molar-refractivity contribution in [3.63, 3.8) is 0 Å². The zero-order chi connectivity index (χ0) is 12.8. The topological polar surface area (TPSA) is 58.6 Å². The molecule has 0 aliphatic rings. The lowest BCUT2D eigenvalue weighted by atomic mass is 10.1. The average Bonchev–Trinajstić information content (AvgIpc) is 2.27. The van der Waals surface area contributed by atoms with Gasteiger partial charge in [0, 0.05) is 17.1 Å². The van der Waals surface area contributed by atoms with E-state index in [1.165, 1.54) is 0 Å². The fourth-order valence-electron chi connectivity index (χ4n) is 1.38. The second-order valence-corrected chi connectivity index (χ2v) is 4.22. The first kappa shape index (κ1) is 13.8. The number of aliphatic hydroxyl groups is 1. The van der Waals surface area contributed by atoms with Crippen LogP contribution >= 0.6 is 11.6 Å². The number of nitrogens with one attached hydrogen (secondary N) is 1. The monoisotopic (exact) mass is 257 g/mol. The van der Waals surface area contributed by atoms with Crippen molar-refractivity contribution in [1.82, 2.24) is 5.32 Å². The Balaban J connectivity index is 2.66. The van der Waals surface area contributed by atoms with Gasteiger partial charge in [0.15, 0.2) is 0 Å². The maximum absolute atomic E-state index is 11.6. The van der Waals surface area contributed by atoms with Crippen molar-refractivity contribution >= 4 is 17.5 Å². The van der Waals surface area contributed by atoms with E-state index in [-0.39, 0.29) is 18.9 Å². The predicted molar refractivity (Wildman–Crippen MR) is 66.4 cm³/mol. The largest absolute Gasteiger partial charge is 0.496 e. The molecule has 5 heteroatoms. The van der Waals surface area contributed by atoms with Crippen LogP contribution in [0.5, 0.6) is 5.75 Å². The van der Waals surface area contributed by atoms with Crippen LogP contribution in [0, 0.1) is 0 Å². The normalized spacial score (nSPS) is 12.0. The van der Waals surface area contributed by atoms with E-state index in [9.17, 15) is 4.79 Å². The van der Waals surface area contributed by atoms with Crippen molar-refractivity contribution in [2.24, 2.45) is 0 Å². The molecule has 1 atom stereocenters. The van der Waals surface area contributed by atoms with E-state index in [0.29, 0.717) is 10.8 Å². The smallest absolute Gasteiger partial charge is 0.224 e. The summed E-state index contributed by atoms with van der Waals surface area (Å²) in [6, 6.07) is 5.12. The Morgan fingerprint density at radius 1 is 1.59 bits per heavy atom. The van der Waals surface area contributed by atoms with E-state index in [0.717, 1.165) is 5.56 Å². The van der Waals surface area contributed by atoms with Crippen LogP contribution in [0.25, 0.3) is 0 Å². The van der Waals surface area contributed by atoms with Gasteiger partial charge in [0.05, 0.1) is 19.6 Å². The van der Waals surface area contributed by atoms with Crippen molar-refractivity contribution in [3.8, 4) is 5.75 Å². The molecule has 0 unspecified atom stereocenters. The molecule has 0 spiro atoms. The van der Waals surface area contributed by atoms with Crippen LogP contribution in [-0.2, 0) is 11.2 Å². The molecule has 0 heterocycles. The molecule has 0 radical (unpaired) electrons. The van der Waals surface area contributed by atoms with Crippen LogP contribution in [-0.4, -0.2) is 30.8 Å². The third kappa shape index (κ3) is 4.63. The third-order valence-electron chi connectivity index (χ3n) is 2.19. The van der Waals surface area contributed by atoms with Gasteiger partial charge in [-0.2, -0.15) is 0 Å². The van der Waals surface area contributed by atoms with E-state index < -0.39 is 6.10 Å². The van der Waals surface area contributed by atoms with Crippen LogP contribution in [0.1, 0.15) is 12.5 Å². The Labute approximate surface area is 106 Å². The fraction of sp³-hybridized carbons (Fsp3) is 0.417. The number of methoxy groups -OCH3 is 1. The summed E-state index contributed by atoms with van der Waals surface area (Å²) in [7, 11) is 1.54. The highest BCUT2D eigenvalue weighted by atomic mass is 35.5. The number of hydrogen-bond donors (Lipinski definition) is 2. The molecule has 0 bridgehead atoms. The molecule has 0 fully saturated rings. The summed E-state index contributed by atoms with van der Waals surface area (Å²) in [6.07, 6.45) is -0.378. The molecule has 0 saturated carbocycles. The van der Waals surface area contributed by atoms with Crippen LogP contribution < -0.4 is 10.1 Å². The van der Waals surface area contributed by atoms with Crippen LogP contribution in [0.3, 0.4) is 0 Å². The first-order valence-corrected chi connectivity index (χ1v) is 5.68. The maximum atomic E-state index is 11.6. The number of carbonyl (C=O) groups excluding carboxylic acids is 1.